The Morgan fingerprint density at radius 2 is 2.10 bits per heavy atom. The normalized spacial score (nSPS) is 17.9. The number of nitrogens with one attached hydrogen (secondary N) is 1. The number of ether oxygens (including phenoxy) is 1. The Kier molecular flexibility index (Phi) is 6.83. The first-order valence-corrected chi connectivity index (χ1v) is 8.37. The Labute approximate surface area is 130 Å². The number of hydrogen-bond acceptors (Lipinski definition) is 3. The Bertz CT molecular complexity index is 394. The Morgan fingerprint density at radius 1 is 1.30 bits per heavy atom. The van der Waals surface area contributed by atoms with Gasteiger partial charge in [0.1, 0.15) is 12.4 Å². The molecule has 0 aromatic heterocycles. The van der Waals surface area contributed by atoms with Crippen LogP contribution in [0, 0.1) is 0 Å². The summed E-state index contributed by atoms with van der Waals surface area (Å²) in [5.74, 6) is 0.921. The zero-order chi connectivity index (χ0) is 14.2. The van der Waals surface area contributed by atoms with Crippen molar-refractivity contribution in [1.82, 2.24) is 10.2 Å². The topological polar surface area (TPSA) is 24.5 Å². The summed E-state index contributed by atoms with van der Waals surface area (Å²) in [6.07, 6.45) is 4.12. The van der Waals surface area contributed by atoms with Crippen molar-refractivity contribution in [3.8, 4) is 5.75 Å². The highest BCUT2D eigenvalue weighted by Crippen LogP contribution is 2.17. The number of piperidine rings is 1. The molecule has 20 heavy (non-hydrogen) atoms. The molecule has 0 amide bonds. The summed E-state index contributed by atoms with van der Waals surface area (Å²) in [7, 11) is 0. The lowest BCUT2D eigenvalue weighted by Gasteiger charge is -2.29. The van der Waals surface area contributed by atoms with Gasteiger partial charge in [-0.25, -0.2) is 0 Å². The van der Waals surface area contributed by atoms with E-state index in [1.54, 1.807) is 0 Å². The van der Waals surface area contributed by atoms with Crippen molar-refractivity contribution in [3.63, 3.8) is 0 Å². The second kappa shape index (κ2) is 8.65. The van der Waals surface area contributed by atoms with E-state index in [9.17, 15) is 0 Å². The van der Waals surface area contributed by atoms with Crippen molar-refractivity contribution in [2.24, 2.45) is 0 Å². The molecule has 1 heterocycles. The largest absolute Gasteiger partial charge is 0.492 e. The van der Waals surface area contributed by atoms with E-state index in [2.05, 4.69) is 33.1 Å². The summed E-state index contributed by atoms with van der Waals surface area (Å²) < 4.78 is 6.78. The maximum absolute atomic E-state index is 5.72. The zero-order valence-corrected chi connectivity index (χ0v) is 13.9. The van der Waals surface area contributed by atoms with Crippen LogP contribution in [0.15, 0.2) is 28.7 Å². The molecule has 1 aromatic carbocycles. The van der Waals surface area contributed by atoms with Crippen LogP contribution < -0.4 is 10.1 Å². The van der Waals surface area contributed by atoms with Crippen LogP contribution in [0.3, 0.4) is 0 Å². The molecule has 2 rings (SSSR count). The van der Waals surface area contributed by atoms with E-state index < -0.39 is 0 Å². The van der Waals surface area contributed by atoms with Gasteiger partial charge in [0.25, 0.3) is 0 Å². The summed E-state index contributed by atoms with van der Waals surface area (Å²) in [6.45, 7) is 7.54. The highest BCUT2D eigenvalue weighted by Gasteiger charge is 2.12. The molecule has 1 saturated heterocycles. The van der Waals surface area contributed by atoms with Crippen molar-refractivity contribution in [1.29, 1.82) is 0 Å². The van der Waals surface area contributed by atoms with Gasteiger partial charge in [-0.1, -0.05) is 28.4 Å². The first-order chi connectivity index (χ1) is 9.74. The predicted molar refractivity (Wildman–Crippen MR) is 87.4 cm³/mol. The average Bonchev–Trinajstić information content (AvgIpc) is 2.45. The third-order valence-corrected chi connectivity index (χ3v) is 4.13. The third kappa shape index (κ3) is 5.81. The van der Waals surface area contributed by atoms with Crippen LogP contribution in [0.25, 0.3) is 0 Å². The quantitative estimate of drug-likeness (QED) is 0.771. The molecule has 0 bridgehead atoms. The fourth-order valence-corrected chi connectivity index (χ4v) is 3.00. The summed E-state index contributed by atoms with van der Waals surface area (Å²) in [5.41, 5.74) is 0. The minimum atomic E-state index is 0.527. The van der Waals surface area contributed by atoms with Crippen LogP contribution in [0.2, 0.25) is 0 Å². The smallest absolute Gasteiger partial charge is 0.120 e. The van der Waals surface area contributed by atoms with Gasteiger partial charge in [-0.3, -0.25) is 0 Å². The molecule has 0 aliphatic carbocycles. The van der Waals surface area contributed by atoms with E-state index in [1.165, 1.54) is 32.4 Å². The summed E-state index contributed by atoms with van der Waals surface area (Å²) in [4.78, 5) is 2.57. The molecule has 4 heteroatoms. The summed E-state index contributed by atoms with van der Waals surface area (Å²) >= 11 is 3.45. The minimum absolute atomic E-state index is 0.527. The van der Waals surface area contributed by atoms with Gasteiger partial charge in [-0.2, -0.15) is 0 Å². The van der Waals surface area contributed by atoms with Crippen LogP contribution in [-0.4, -0.2) is 43.7 Å². The van der Waals surface area contributed by atoms with E-state index in [-0.39, 0.29) is 0 Å². The van der Waals surface area contributed by atoms with E-state index in [0.717, 1.165) is 23.3 Å². The number of benzene rings is 1. The van der Waals surface area contributed by atoms with Crippen LogP contribution in [-0.2, 0) is 0 Å². The molecule has 1 unspecified atom stereocenters. The van der Waals surface area contributed by atoms with Crippen LogP contribution in [0.1, 0.15) is 26.2 Å². The molecular formula is C16H25BrN2O. The van der Waals surface area contributed by atoms with E-state index in [0.29, 0.717) is 12.6 Å². The van der Waals surface area contributed by atoms with Gasteiger partial charge in [0.05, 0.1) is 0 Å². The van der Waals surface area contributed by atoms with Gasteiger partial charge in [0.15, 0.2) is 0 Å². The van der Waals surface area contributed by atoms with Crippen molar-refractivity contribution in [2.75, 3.05) is 32.8 Å². The Morgan fingerprint density at radius 3 is 2.85 bits per heavy atom. The fourth-order valence-electron chi connectivity index (χ4n) is 2.62. The molecule has 0 spiro atoms. The SMILES string of the molecule is CC(CN1CCCCC1)NCCOc1cccc(Br)c1. The van der Waals surface area contributed by atoms with Gasteiger partial charge in [0, 0.05) is 23.6 Å². The van der Waals surface area contributed by atoms with E-state index in [1.807, 2.05) is 24.3 Å². The number of hydrogen-bond donors (Lipinski definition) is 1. The van der Waals surface area contributed by atoms with Crippen molar-refractivity contribution >= 4 is 15.9 Å². The molecule has 1 N–H and O–H groups in total. The standard InChI is InChI=1S/C16H25BrN2O/c1-14(13-19-9-3-2-4-10-19)18-8-11-20-16-7-5-6-15(17)12-16/h5-7,12,14,18H,2-4,8-11,13H2,1H3. The van der Waals surface area contributed by atoms with Crippen molar-refractivity contribution in [2.45, 2.75) is 32.2 Å². The molecule has 1 aliphatic heterocycles. The highest BCUT2D eigenvalue weighted by atomic mass is 79.9. The lowest BCUT2D eigenvalue weighted by Crippen LogP contribution is -2.42. The number of halogens is 1. The average molecular weight is 341 g/mol. The van der Waals surface area contributed by atoms with E-state index in [4.69, 9.17) is 4.74 Å². The fraction of sp³-hybridized carbons (Fsp3) is 0.625. The van der Waals surface area contributed by atoms with Crippen molar-refractivity contribution < 1.29 is 4.74 Å². The van der Waals surface area contributed by atoms with E-state index >= 15 is 0 Å². The lowest BCUT2D eigenvalue weighted by molar-refractivity contribution is 0.205. The number of nitrogens with zero attached hydrogens (tertiary/aromatic N) is 1. The van der Waals surface area contributed by atoms with Gasteiger partial charge >= 0.3 is 0 Å². The Balaban J connectivity index is 1.58. The molecule has 1 aliphatic rings. The number of rotatable bonds is 7. The molecule has 3 nitrogen and oxygen atoms in total. The summed E-state index contributed by atoms with van der Waals surface area (Å²) in [5, 5.41) is 3.54. The highest BCUT2D eigenvalue weighted by molar-refractivity contribution is 9.10. The molecule has 1 fully saturated rings. The second-order valence-electron chi connectivity index (χ2n) is 5.52. The lowest BCUT2D eigenvalue weighted by atomic mass is 10.1. The molecule has 112 valence electrons. The monoisotopic (exact) mass is 340 g/mol. The molecular weight excluding hydrogens is 316 g/mol. The van der Waals surface area contributed by atoms with Crippen molar-refractivity contribution in [3.05, 3.63) is 28.7 Å². The van der Waals surface area contributed by atoms with Crippen LogP contribution in [0.5, 0.6) is 5.75 Å². The predicted octanol–water partition coefficient (Wildman–Crippen LogP) is 3.29. The third-order valence-electron chi connectivity index (χ3n) is 3.64. The Hall–Kier alpha value is -0.580. The van der Waals surface area contributed by atoms with Gasteiger partial charge < -0.3 is 15.0 Å². The second-order valence-corrected chi connectivity index (χ2v) is 6.44. The molecule has 1 atom stereocenters. The maximum Gasteiger partial charge on any atom is 0.120 e. The van der Waals surface area contributed by atoms with Gasteiger partial charge in [0.2, 0.25) is 0 Å². The van der Waals surface area contributed by atoms with Crippen LogP contribution >= 0.6 is 15.9 Å². The van der Waals surface area contributed by atoms with Gasteiger partial charge in [-0.15, -0.1) is 0 Å². The zero-order valence-electron chi connectivity index (χ0n) is 12.3. The minimum Gasteiger partial charge on any atom is -0.492 e. The maximum atomic E-state index is 5.72. The summed E-state index contributed by atoms with van der Waals surface area (Å²) in [6, 6.07) is 8.51. The first-order valence-electron chi connectivity index (χ1n) is 7.58. The van der Waals surface area contributed by atoms with Gasteiger partial charge in [-0.05, 0) is 51.1 Å². The molecule has 0 radical (unpaired) electrons. The molecule has 0 saturated carbocycles. The van der Waals surface area contributed by atoms with Crippen LogP contribution in [0.4, 0.5) is 0 Å². The molecule has 1 aromatic rings. The number of likely N-dealkylation sites (tertiary alicyclic amines) is 1. The first kappa shape index (κ1) is 15.8.